The van der Waals surface area contributed by atoms with Crippen LogP contribution in [0.3, 0.4) is 0 Å². The Morgan fingerprint density at radius 1 is 1.06 bits per heavy atom. The van der Waals surface area contributed by atoms with Gasteiger partial charge in [-0.1, -0.05) is 48.5 Å². The molecule has 0 unspecified atom stereocenters. The molecule has 7 nitrogen and oxygen atoms in total. The van der Waals surface area contributed by atoms with E-state index in [0.717, 1.165) is 22.3 Å². The molecule has 0 aliphatic heterocycles. The first kappa shape index (κ1) is 22.3. The Morgan fingerprint density at radius 2 is 1.58 bits per heavy atom. The predicted molar refractivity (Wildman–Crippen MR) is 117 cm³/mol. The zero-order chi connectivity index (χ0) is 22.8. The van der Waals surface area contributed by atoms with E-state index in [9.17, 15) is 19.5 Å². The minimum absolute atomic E-state index is 0.0304. The van der Waals surface area contributed by atoms with Crippen LogP contribution in [0.15, 0.2) is 48.5 Å². The first-order valence-electron chi connectivity index (χ1n) is 10.2. The number of hydrogen-bond acceptors (Lipinski definition) is 4. The Hall–Kier alpha value is -3.35. The highest BCUT2D eigenvalue weighted by Gasteiger charge is 2.35. The van der Waals surface area contributed by atoms with Crippen molar-refractivity contribution < 1.29 is 24.2 Å². The number of carboxylic acids is 1. The van der Waals surface area contributed by atoms with Crippen molar-refractivity contribution in [1.29, 1.82) is 0 Å². The summed E-state index contributed by atoms with van der Waals surface area (Å²) in [5.74, 6) is -1.52. The number of amides is 2. The first-order chi connectivity index (χ1) is 14.6. The van der Waals surface area contributed by atoms with Crippen molar-refractivity contribution in [3.8, 4) is 11.1 Å². The molecule has 0 radical (unpaired) electrons. The fourth-order valence-electron chi connectivity index (χ4n) is 3.75. The second kappa shape index (κ2) is 8.79. The Labute approximate surface area is 182 Å². The molecule has 1 atom stereocenters. The third-order valence-electron chi connectivity index (χ3n) is 5.92. The zero-order valence-corrected chi connectivity index (χ0v) is 18.2. The second-order valence-electron chi connectivity index (χ2n) is 8.39. The molecule has 0 spiro atoms. The Balaban J connectivity index is 1.57. The van der Waals surface area contributed by atoms with Gasteiger partial charge in [-0.15, -0.1) is 0 Å². The van der Waals surface area contributed by atoms with Crippen LogP contribution in [-0.4, -0.2) is 53.2 Å². The maximum Gasteiger partial charge on any atom is 0.407 e. The number of rotatable bonds is 7. The number of nitrogens with zero attached hydrogens (tertiary/aromatic N) is 1. The van der Waals surface area contributed by atoms with Gasteiger partial charge in [0.15, 0.2) is 0 Å². The van der Waals surface area contributed by atoms with E-state index in [1.54, 1.807) is 6.92 Å². The molecule has 2 aromatic rings. The summed E-state index contributed by atoms with van der Waals surface area (Å²) in [6.07, 6.45) is -0.639. The zero-order valence-electron chi connectivity index (χ0n) is 18.2. The summed E-state index contributed by atoms with van der Waals surface area (Å²) < 4.78 is 5.49. The van der Waals surface area contributed by atoms with Crippen molar-refractivity contribution in [2.24, 2.45) is 0 Å². The smallest absolute Gasteiger partial charge is 0.407 e. The molecule has 0 fully saturated rings. The predicted octanol–water partition coefficient (Wildman–Crippen LogP) is 3.63. The number of aliphatic carboxylic acids is 1. The summed E-state index contributed by atoms with van der Waals surface area (Å²) in [5, 5.41) is 11.9. The lowest BCUT2D eigenvalue weighted by Crippen LogP contribution is -2.52. The molecule has 1 aliphatic rings. The normalized spacial score (nSPS) is 13.7. The molecule has 2 aromatic carbocycles. The van der Waals surface area contributed by atoms with Crippen LogP contribution >= 0.6 is 0 Å². The fourth-order valence-corrected chi connectivity index (χ4v) is 3.75. The van der Waals surface area contributed by atoms with E-state index in [4.69, 9.17) is 4.74 Å². The van der Waals surface area contributed by atoms with Gasteiger partial charge in [0.05, 0.1) is 0 Å². The van der Waals surface area contributed by atoms with Crippen LogP contribution in [0.25, 0.3) is 11.1 Å². The topological polar surface area (TPSA) is 95.9 Å². The van der Waals surface area contributed by atoms with Gasteiger partial charge in [-0.2, -0.15) is 0 Å². The van der Waals surface area contributed by atoms with Crippen LogP contribution in [0.4, 0.5) is 4.79 Å². The number of carbonyl (C=O) groups is 3. The van der Waals surface area contributed by atoms with Gasteiger partial charge in [0.25, 0.3) is 0 Å². The number of carboxylic acid groups (broad SMARTS) is 1. The Kier molecular flexibility index (Phi) is 6.34. The summed E-state index contributed by atoms with van der Waals surface area (Å²) >= 11 is 0. The van der Waals surface area contributed by atoms with Crippen LogP contribution in [0.1, 0.15) is 44.2 Å². The Bertz CT molecular complexity index is 955. The molecule has 0 saturated carbocycles. The number of fused-ring (bicyclic) bond motifs is 3. The lowest BCUT2D eigenvalue weighted by molar-refractivity contribution is -0.155. The number of carbonyl (C=O) groups excluding carboxylic acids is 2. The fraction of sp³-hybridized carbons (Fsp3) is 0.375. The lowest BCUT2D eigenvalue weighted by Gasteiger charge is -2.32. The van der Waals surface area contributed by atoms with Gasteiger partial charge in [-0.25, -0.2) is 9.59 Å². The van der Waals surface area contributed by atoms with Crippen LogP contribution in [0, 0.1) is 0 Å². The Morgan fingerprint density at radius 3 is 2.10 bits per heavy atom. The highest BCUT2D eigenvalue weighted by atomic mass is 16.5. The van der Waals surface area contributed by atoms with Crippen molar-refractivity contribution >= 4 is 18.0 Å². The molecular weight excluding hydrogens is 396 g/mol. The van der Waals surface area contributed by atoms with E-state index in [0.29, 0.717) is 0 Å². The number of alkyl carbamates (subject to hydrolysis) is 1. The molecule has 2 N–H and O–H groups in total. The third-order valence-corrected chi connectivity index (χ3v) is 5.92. The quantitative estimate of drug-likeness (QED) is 0.708. The van der Waals surface area contributed by atoms with E-state index < -0.39 is 23.6 Å². The average Bonchev–Trinajstić information content (AvgIpc) is 3.05. The maximum atomic E-state index is 12.4. The monoisotopic (exact) mass is 424 g/mol. The summed E-state index contributed by atoms with van der Waals surface area (Å²) in [7, 11) is 1.44. The molecule has 0 aromatic heterocycles. The van der Waals surface area contributed by atoms with Gasteiger partial charge in [0.1, 0.15) is 12.1 Å². The summed E-state index contributed by atoms with van der Waals surface area (Å²) in [4.78, 5) is 37.2. The van der Waals surface area contributed by atoms with E-state index in [2.05, 4.69) is 17.4 Å². The van der Waals surface area contributed by atoms with Crippen LogP contribution in [0.2, 0.25) is 0 Å². The molecule has 164 valence electrons. The molecule has 0 saturated heterocycles. The molecule has 3 rings (SSSR count). The van der Waals surface area contributed by atoms with Crippen molar-refractivity contribution in [3.05, 3.63) is 59.7 Å². The largest absolute Gasteiger partial charge is 0.480 e. The highest BCUT2D eigenvalue weighted by Crippen LogP contribution is 2.44. The van der Waals surface area contributed by atoms with E-state index >= 15 is 0 Å². The number of ether oxygens (including phenoxy) is 1. The number of likely N-dealkylation sites (N-methyl/N-ethyl adjacent to an activating group) is 1. The standard InChI is InChI=1S/C24H28N2O5/c1-15(13-21(27)26(4)24(2,3)22(28)29)25-23(30)31-14-20-18-11-7-5-9-16(18)17-10-6-8-12-19(17)20/h5-12,15,20H,13-14H2,1-4H3,(H,25,30)(H,28,29)/t15-/m0/s1. The molecule has 2 amide bonds. The lowest BCUT2D eigenvalue weighted by atomic mass is 9.98. The molecule has 31 heavy (non-hydrogen) atoms. The second-order valence-corrected chi connectivity index (χ2v) is 8.39. The van der Waals surface area contributed by atoms with Crippen molar-refractivity contribution in [2.45, 2.75) is 44.7 Å². The van der Waals surface area contributed by atoms with Crippen LogP contribution in [-0.2, 0) is 14.3 Å². The summed E-state index contributed by atoms with van der Waals surface area (Å²) in [5.41, 5.74) is 3.21. The van der Waals surface area contributed by atoms with E-state index in [1.165, 1.54) is 25.8 Å². The van der Waals surface area contributed by atoms with Crippen molar-refractivity contribution in [3.63, 3.8) is 0 Å². The summed E-state index contributed by atoms with van der Waals surface area (Å²) in [6, 6.07) is 15.6. The molecule has 1 aliphatic carbocycles. The van der Waals surface area contributed by atoms with Gasteiger partial charge in [0.2, 0.25) is 5.91 Å². The van der Waals surface area contributed by atoms with Crippen molar-refractivity contribution in [1.82, 2.24) is 10.2 Å². The SMILES string of the molecule is C[C@@H](CC(=O)N(C)C(C)(C)C(=O)O)NC(=O)OCC1c2ccccc2-c2ccccc21. The van der Waals surface area contributed by atoms with E-state index in [-0.39, 0.29) is 24.9 Å². The average molecular weight is 424 g/mol. The van der Waals surface area contributed by atoms with Gasteiger partial charge in [-0.3, -0.25) is 4.79 Å². The molecule has 0 heterocycles. The van der Waals surface area contributed by atoms with Gasteiger partial charge in [-0.05, 0) is 43.0 Å². The van der Waals surface area contributed by atoms with Gasteiger partial charge >= 0.3 is 12.1 Å². The van der Waals surface area contributed by atoms with E-state index in [1.807, 2.05) is 36.4 Å². The molecule has 7 heteroatoms. The van der Waals surface area contributed by atoms with Gasteiger partial charge < -0.3 is 20.1 Å². The minimum Gasteiger partial charge on any atom is -0.480 e. The first-order valence-corrected chi connectivity index (χ1v) is 10.2. The number of hydrogen-bond donors (Lipinski definition) is 2. The third kappa shape index (κ3) is 4.55. The number of nitrogens with one attached hydrogen (secondary N) is 1. The van der Waals surface area contributed by atoms with Gasteiger partial charge in [0, 0.05) is 25.4 Å². The molecular formula is C24H28N2O5. The van der Waals surface area contributed by atoms with Crippen molar-refractivity contribution in [2.75, 3.05) is 13.7 Å². The summed E-state index contributed by atoms with van der Waals surface area (Å²) in [6.45, 7) is 4.78. The highest BCUT2D eigenvalue weighted by molar-refractivity contribution is 5.86. The molecule has 0 bridgehead atoms. The maximum absolute atomic E-state index is 12.4. The number of benzene rings is 2. The van der Waals surface area contributed by atoms with Crippen LogP contribution in [0.5, 0.6) is 0 Å². The minimum atomic E-state index is -1.33. The van der Waals surface area contributed by atoms with Crippen LogP contribution < -0.4 is 5.32 Å².